The maximum Gasteiger partial charge on any atom is 0.293 e. The quantitative estimate of drug-likeness (QED) is 0.769. The van der Waals surface area contributed by atoms with Crippen LogP contribution in [0.1, 0.15) is 25.2 Å². The number of carbonyl (C=O) groups is 2. The number of amides is 2. The van der Waals surface area contributed by atoms with Crippen LogP contribution in [0.25, 0.3) is 11.8 Å². The van der Waals surface area contributed by atoms with E-state index in [1.165, 1.54) is 4.90 Å². The van der Waals surface area contributed by atoms with E-state index >= 15 is 0 Å². The normalized spacial score (nSPS) is 16.4. The van der Waals surface area contributed by atoms with Gasteiger partial charge in [-0.25, -0.2) is 0 Å². The lowest BCUT2D eigenvalue weighted by molar-refractivity contribution is -0.123. The molecule has 0 bridgehead atoms. The SMILES string of the molecule is COc1ccc(-n2c(C)ccc2/C=C2\SC(=O)N(C(C)C)C2=O)cc1. The first-order valence-electron chi connectivity index (χ1n) is 8.02. The lowest BCUT2D eigenvalue weighted by atomic mass is 10.2. The second-order valence-electron chi connectivity index (χ2n) is 6.08. The number of aromatic nitrogens is 1. The van der Waals surface area contributed by atoms with Crippen molar-refractivity contribution in [2.24, 2.45) is 0 Å². The van der Waals surface area contributed by atoms with Crippen LogP contribution in [-0.2, 0) is 4.79 Å². The summed E-state index contributed by atoms with van der Waals surface area (Å²) in [4.78, 5) is 26.3. The summed E-state index contributed by atoms with van der Waals surface area (Å²) in [5.41, 5.74) is 2.87. The fraction of sp³-hybridized carbons (Fsp3) is 0.263. The number of nitrogens with zero attached hydrogens (tertiary/aromatic N) is 2. The molecular weight excluding hydrogens is 336 g/mol. The third-order valence-corrected chi connectivity index (χ3v) is 4.94. The van der Waals surface area contributed by atoms with Gasteiger partial charge in [-0.15, -0.1) is 0 Å². The summed E-state index contributed by atoms with van der Waals surface area (Å²) in [6.45, 7) is 5.68. The van der Waals surface area contributed by atoms with Crippen LogP contribution >= 0.6 is 11.8 Å². The summed E-state index contributed by atoms with van der Waals surface area (Å²) < 4.78 is 7.25. The monoisotopic (exact) mass is 356 g/mol. The predicted octanol–water partition coefficient (Wildman–Crippen LogP) is 4.24. The molecular formula is C19H20N2O3S. The van der Waals surface area contributed by atoms with E-state index in [1.54, 1.807) is 13.2 Å². The molecule has 1 aliphatic heterocycles. The van der Waals surface area contributed by atoms with E-state index in [2.05, 4.69) is 0 Å². The van der Waals surface area contributed by atoms with Crippen LogP contribution in [-0.4, -0.2) is 33.8 Å². The standard InChI is InChI=1S/C19H20N2O3S/c1-12(2)20-18(22)17(25-19(20)23)11-15-6-5-13(3)21(15)14-7-9-16(24-4)10-8-14/h5-12H,1-4H3/b17-11-. The van der Waals surface area contributed by atoms with E-state index in [4.69, 9.17) is 4.74 Å². The minimum absolute atomic E-state index is 0.145. The average molecular weight is 356 g/mol. The molecule has 1 aromatic heterocycles. The maximum atomic E-state index is 12.5. The first kappa shape index (κ1) is 17.4. The first-order valence-corrected chi connectivity index (χ1v) is 8.84. The number of thioether (sulfide) groups is 1. The number of rotatable bonds is 4. The van der Waals surface area contributed by atoms with Gasteiger partial charge in [0.05, 0.1) is 12.0 Å². The number of hydrogen-bond donors (Lipinski definition) is 0. The Morgan fingerprint density at radius 1 is 1.08 bits per heavy atom. The van der Waals surface area contributed by atoms with Gasteiger partial charge in [-0.3, -0.25) is 14.5 Å². The van der Waals surface area contributed by atoms with Gasteiger partial charge < -0.3 is 9.30 Å². The van der Waals surface area contributed by atoms with Crippen molar-refractivity contribution in [2.75, 3.05) is 7.11 Å². The summed E-state index contributed by atoms with van der Waals surface area (Å²) >= 11 is 0.989. The molecule has 0 N–H and O–H groups in total. The topological polar surface area (TPSA) is 51.5 Å². The molecule has 1 aromatic carbocycles. The van der Waals surface area contributed by atoms with Crippen molar-refractivity contribution in [1.29, 1.82) is 0 Å². The van der Waals surface area contributed by atoms with E-state index < -0.39 is 0 Å². The number of methoxy groups -OCH3 is 1. The third kappa shape index (κ3) is 3.22. The third-order valence-electron chi connectivity index (χ3n) is 4.06. The molecule has 0 unspecified atom stereocenters. The average Bonchev–Trinajstić information content (AvgIpc) is 3.07. The highest BCUT2D eigenvalue weighted by atomic mass is 32.2. The highest BCUT2D eigenvalue weighted by molar-refractivity contribution is 8.18. The molecule has 2 aromatic rings. The summed E-state index contributed by atoms with van der Waals surface area (Å²) in [7, 11) is 1.63. The van der Waals surface area contributed by atoms with E-state index in [9.17, 15) is 9.59 Å². The van der Waals surface area contributed by atoms with Crippen molar-refractivity contribution >= 4 is 29.0 Å². The molecule has 2 amide bonds. The molecule has 130 valence electrons. The summed E-state index contributed by atoms with van der Waals surface area (Å²) in [6, 6.07) is 11.5. The summed E-state index contributed by atoms with van der Waals surface area (Å²) in [6.07, 6.45) is 1.78. The number of benzene rings is 1. The van der Waals surface area contributed by atoms with Crippen molar-refractivity contribution in [1.82, 2.24) is 9.47 Å². The van der Waals surface area contributed by atoms with Gasteiger partial charge in [-0.1, -0.05) is 0 Å². The van der Waals surface area contributed by atoms with Crippen LogP contribution in [0.15, 0.2) is 41.3 Å². The van der Waals surface area contributed by atoms with E-state index in [0.29, 0.717) is 4.91 Å². The van der Waals surface area contributed by atoms with Gasteiger partial charge >= 0.3 is 0 Å². The second kappa shape index (κ2) is 6.80. The number of hydrogen-bond acceptors (Lipinski definition) is 4. The zero-order valence-electron chi connectivity index (χ0n) is 14.6. The van der Waals surface area contributed by atoms with Crippen LogP contribution in [0.4, 0.5) is 4.79 Å². The van der Waals surface area contributed by atoms with Gasteiger partial charge in [0.25, 0.3) is 11.1 Å². The van der Waals surface area contributed by atoms with Crippen molar-refractivity contribution in [3.8, 4) is 11.4 Å². The van der Waals surface area contributed by atoms with Gasteiger partial charge in [-0.2, -0.15) is 0 Å². The Bertz CT molecular complexity index is 850. The molecule has 1 fully saturated rings. The van der Waals surface area contributed by atoms with Gasteiger partial charge in [0, 0.05) is 23.1 Å². The zero-order valence-corrected chi connectivity index (χ0v) is 15.5. The maximum absolute atomic E-state index is 12.5. The Morgan fingerprint density at radius 2 is 1.76 bits per heavy atom. The van der Waals surface area contributed by atoms with Crippen LogP contribution in [0, 0.1) is 6.92 Å². The molecule has 5 nitrogen and oxygen atoms in total. The minimum atomic E-state index is -0.231. The number of imide groups is 1. The Labute approximate surface area is 151 Å². The Morgan fingerprint density at radius 3 is 2.32 bits per heavy atom. The molecule has 1 saturated heterocycles. The smallest absolute Gasteiger partial charge is 0.293 e. The van der Waals surface area contributed by atoms with E-state index in [-0.39, 0.29) is 17.2 Å². The highest BCUT2D eigenvalue weighted by Gasteiger charge is 2.36. The van der Waals surface area contributed by atoms with E-state index in [1.807, 2.05) is 61.7 Å². The highest BCUT2D eigenvalue weighted by Crippen LogP contribution is 2.34. The fourth-order valence-corrected chi connectivity index (χ4v) is 3.76. The van der Waals surface area contributed by atoms with Crippen LogP contribution in [0.3, 0.4) is 0 Å². The van der Waals surface area contributed by atoms with Crippen LogP contribution in [0.2, 0.25) is 0 Å². The lowest BCUT2D eigenvalue weighted by Gasteiger charge is -2.16. The lowest BCUT2D eigenvalue weighted by Crippen LogP contribution is -2.34. The molecule has 6 heteroatoms. The molecule has 0 atom stereocenters. The molecule has 2 heterocycles. The Hall–Kier alpha value is -2.47. The van der Waals surface area contributed by atoms with Crippen LogP contribution < -0.4 is 4.74 Å². The minimum Gasteiger partial charge on any atom is -0.497 e. The molecule has 0 radical (unpaired) electrons. The Balaban J connectivity index is 1.99. The van der Waals surface area contributed by atoms with Crippen LogP contribution in [0.5, 0.6) is 5.75 Å². The number of ether oxygens (including phenoxy) is 1. The molecule has 0 aliphatic carbocycles. The summed E-state index contributed by atoms with van der Waals surface area (Å²) in [5.74, 6) is 0.554. The zero-order chi connectivity index (χ0) is 18.1. The first-order chi connectivity index (χ1) is 11.9. The van der Waals surface area contributed by atoms with Crippen molar-refractivity contribution in [3.63, 3.8) is 0 Å². The van der Waals surface area contributed by atoms with Crippen molar-refractivity contribution in [3.05, 3.63) is 52.7 Å². The molecule has 0 spiro atoms. The second-order valence-corrected chi connectivity index (χ2v) is 7.07. The fourth-order valence-electron chi connectivity index (χ4n) is 2.81. The Kier molecular flexibility index (Phi) is 4.72. The predicted molar refractivity (Wildman–Crippen MR) is 100 cm³/mol. The molecule has 1 aliphatic rings. The van der Waals surface area contributed by atoms with Gasteiger partial charge in [0.1, 0.15) is 5.75 Å². The van der Waals surface area contributed by atoms with Crippen molar-refractivity contribution in [2.45, 2.75) is 26.8 Å². The largest absolute Gasteiger partial charge is 0.497 e. The molecule has 3 rings (SSSR count). The summed E-state index contributed by atoms with van der Waals surface area (Å²) in [5, 5.41) is -0.217. The van der Waals surface area contributed by atoms with Crippen molar-refractivity contribution < 1.29 is 14.3 Å². The number of aryl methyl sites for hydroxylation is 1. The number of carbonyl (C=O) groups excluding carboxylic acids is 2. The molecule has 25 heavy (non-hydrogen) atoms. The van der Waals surface area contributed by atoms with Gasteiger partial charge in [-0.05, 0) is 75.0 Å². The van der Waals surface area contributed by atoms with Gasteiger partial charge in [0.15, 0.2) is 0 Å². The van der Waals surface area contributed by atoms with E-state index in [0.717, 1.165) is 34.6 Å². The van der Waals surface area contributed by atoms with Gasteiger partial charge in [0.2, 0.25) is 0 Å². The molecule has 0 saturated carbocycles.